The second kappa shape index (κ2) is 11.9. The van der Waals surface area contributed by atoms with Gasteiger partial charge < -0.3 is 19.9 Å². The first-order chi connectivity index (χ1) is 20.4. The van der Waals surface area contributed by atoms with Gasteiger partial charge in [0.1, 0.15) is 6.17 Å². The molecule has 3 aromatic rings. The third-order valence-corrected chi connectivity index (χ3v) is 8.89. The van der Waals surface area contributed by atoms with Crippen molar-refractivity contribution < 1.29 is 13.9 Å². The summed E-state index contributed by atoms with van der Waals surface area (Å²) in [5.41, 5.74) is 7.80. The van der Waals surface area contributed by atoms with E-state index in [1.165, 1.54) is 11.3 Å². The second-order valence-corrected chi connectivity index (χ2v) is 11.8. The molecule has 0 bridgehead atoms. The van der Waals surface area contributed by atoms with Crippen molar-refractivity contribution in [1.29, 1.82) is 0 Å². The molecule has 1 aromatic carbocycles. The van der Waals surface area contributed by atoms with Crippen molar-refractivity contribution in [3.63, 3.8) is 0 Å². The molecule has 3 aliphatic rings. The summed E-state index contributed by atoms with van der Waals surface area (Å²) < 4.78 is 25.5. The first-order valence-corrected chi connectivity index (χ1v) is 15.3. The van der Waals surface area contributed by atoms with Crippen LogP contribution in [0.25, 0.3) is 16.8 Å². The topological polar surface area (TPSA) is 80.5 Å². The Kier molecular flexibility index (Phi) is 8.07. The molecule has 42 heavy (non-hydrogen) atoms. The molecule has 6 rings (SSSR count). The number of urea groups is 1. The quantitative estimate of drug-likeness (QED) is 0.364. The fraction of sp³-hybridized carbons (Fsp3) is 0.531. The molecule has 3 aliphatic heterocycles. The molecule has 1 fully saturated rings. The molecule has 1 N–H and O–H groups in total. The number of allylic oxidation sites excluding steroid dienone is 1. The summed E-state index contributed by atoms with van der Waals surface area (Å²) in [6.07, 6.45) is 8.34. The van der Waals surface area contributed by atoms with Crippen LogP contribution in [-0.4, -0.2) is 63.8 Å². The van der Waals surface area contributed by atoms with E-state index in [1.54, 1.807) is 17.9 Å². The molecule has 224 valence electrons. The molecule has 10 heteroatoms. The number of aromatic nitrogens is 4. The van der Waals surface area contributed by atoms with Crippen LogP contribution < -0.4 is 10.2 Å². The van der Waals surface area contributed by atoms with Crippen LogP contribution in [0.2, 0.25) is 0 Å². The maximum Gasteiger partial charge on any atom is 0.317 e. The average Bonchev–Trinajstić information content (AvgIpc) is 3.66. The van der Waals surface area contributed by atoms with E-state index in [0.29, 0.717) is 25.1 Å². The van der Waals surface area contributed by atoms with Gasteiger partial charge in [-0.3, -0.25) is 4.68 Å². The Labute approximate surface area is 247 Å². The summed E-state index contributed by atoms with van der Waals surface area (Å²) in [6.45, 7) is 11.3. The van der Waals surface area contributed by atoms with Gasteiger partial charge in [0.05, 0.1) is 18.8 Å². The van der Waals surface area contributed by atoms with Gasteiger partial charge in [0.15, 0.2) is 5.82 Å². The molecule has 5 heterocycles. The molecule has 2 aromatic heterocycles. The molecule has 1 atom stereocenters. The van der Waals surface area contributed by atoms with Crippen LogP contribution in [0.5, 0.6) is 0 Å². The molecule has 9 nitrogen and oxygen atoms in total. The fourth-order valence-corrected chi connectivity index (χ4v) is 6.67. The minimum absolute atomic E-state index is 0.0773. The Bertz CT molecular complexity index is 1470. The van der Waals surface area contributed by atoms with Crippen LogP contribution in [0.3, 0.4) is 0 Å². The Morgan fingerprint density at radius 3 is 2.76 bits per heavy atom. The average molecular weight is 576 g/mol. The number of halogens is 1. The van der Waals surface area contributed by atoms with Gasteiger partial charge in [0.2, 0.25) is 0 Å². The molecule has 0 saturated carbocycles. The van der Waals surface area contributed by atoms with Crippen molar-refractivity contribution >= 4 is 23.2 Å². The van der Waals surface area contributed by atoms with E-state index in [-0.39, 0.29) is 12.1 Å². The number of nitrogens with zero attached hydrogens (tertiary/aromatic N) is 6. The van der Waals surface area contributed by atoms with Crippen LogP contribution in [0, 0.1) is 0 Å². The van der Waals surface area contributed by atoms with E-state index in [2.05, 4.69) is 38.7 Å². The summed E-state index contributed by atoms with van der Waals surface area (Å²) in [7, 11) is 1.67. The minimum Gasteiger partial charge on any atom is -0.381 e. The zero-order valence-electron chi connectivity index (χ0n) is 25.0. The number of amides is 2. The van der Waals surface area contributed by atoms with E-state index >= 15 is 4.39 Å². The summed E-state index contributed by atoms with van der Waals surface area (Å²) in [4.78, 5) is 16.8. The monoisotopic (exact) mass is 575 g/mol. The number of fused-ring (bicyclic) bond motifs is 2. The number of hydrogen-bond acceptors (Lipinski definition) is 5. The molecule has 0 spiro atoms. The number of rotatable bonds is 7. The number of aryl methyl sites for hydroxylation is 1. The first kappa shape index (κ1) is 28.5. The fourth-order valence-electron chi connectivity index (χ4n) is 6.67. The van der Waals surface area contributed by atoms with Gasteiger partial charge in [-0.05, 0) is 67.9 Å². The standard InChI is InChI=1S/C32H42FN7O2/c1-5-7-28(33)26-17-30-22(16-25(26)23-18-35-39(19-23)21(2)3)8-6-12-38(30)31-27-20-37(32(41)34-4)13-9-29(27)40(36-31)24-10-14-42-15-11-24/h16-19,24,28H,2,5-15,20H2,1,3-4H3,(H,34,41). The molecule has 0 aliphatic carbocycles. The number of carbonyl (C=O) groups excluding carboxylic acids is 1. The summed E-state index contributed by atoms with van der Waals surface area (Å²) >= 11 is 0. The Morgan fingerprint density at radius 1 is 1.24 bits per heavy atom. The predicted octanol–water partition coefficient (Wildman–Crippen LogP) is 6.18. The molecule has 1 unspecified atom stereocenters. The van der Waals surface area contributed by atoms with Gasteiger partial charge in [-0.15, -0.1) is 0 Å². The van der Waals surface area contributed by atoms with E-state index in [1.807, 2.05) is 24.9 Å². The van der Waals surface area contributed by atoms with Crippen molar-refractivity contribution in [2.45, 2.75) is 77.6 Å². The van der Waals surface area contributed by atoms with Crippen molar-refractivity contribution in [2.75, 3.05) is 38.3 Å². The molecule has 0 radical (unpaired) electrons. The first-order valence-electron chi connectivity index (χ1n) is 15.3. The van der Waals surface area contributed by atoms with E-state index in [4.69, 9.17) is 9.84 Å². The highest BCUT2D eigenvalue weighted by atomic mass is 19.1. The van der Waals surface area contributed by atoms with Gasteiger partial charge in [-0.1, -0.05) is 19.9 Å². The van der Waals surface area contributed by atoms with Gasteiger partial charge in [0.25, 0.3) is 0 Å². The van der Waals surface area contributed by atoms with Gasteiger partial charge in [0, 0.05) is 74.2 Å². The lowest BCUT2D eigenvalue weighted by molar-refractivity contribution is 0.0651. The Morgan fingerprint density at radius 2 is 2.05 bits per heavy atom. The number of anilines is 2. The maximum absolute atomic E-state index is 15.9. The van der Waals surface area contributed by atoms with Crippen LogP contribution in [0.4, 0.5) is 20.7 Å². The highest BCUT2D eigenvalue weighted by molar-refractivity contribution is 5.78. The molecule has 2 amide bonds. The molecular weight excluding hydrogens is 533 g/mol. The highest BCUT2D eigenvalue weighted by Gasteiger charge is 2.34. The summed E-state index contributed by atoms with van der Waals surface area (Å²) in [5.74, 6) is 0.894. The third-order valence-electron chi connectivity index (χ3n) is 8.89. The number of carbonyl (C=O) groups is 1. The zero-order valence-corrected chi connectivity index (χ0v) is 25.0. The van der Waals surface area contributed by atoms with E-state index in [0.717, 1.165) is 92.2 Å². The SMILES string of the molecule is C=C(C)n1cc(-c2cc3c(cc2C(F)CCC)N(c2nn(C4CCOCC4)c4c2CN(C(=O)NC)CC4)CCC3)cn1. The van der Waals surface area contributed by atoms with Crippen LogP contribution >= 0.6 is 0 Å². The third kappa shape index (κ3) is 5.21. The van der Waals surface area contributed by atoms with Crippen molar-refractivity contribution in [1.82, 2.24) is 29.8 Å². The zero-order chi connectivity index (χ0) is 29.4. The number of nitrogens with one attached hydrogen (secondary N) is 1. The smallest absolute Gasteiger partial charge is 0.317 e. The lowest BCUT2D eigenvalue weighted by atomic mass is 9.90. The van der Waals surface area contributed by atoms with Gasteiger partial charge in [-0.2, -0.15) is 10.2 Å². The normalized spacial score (nSPS) is 18.0. The van der Waals surface area contributed by atoms with Gasteiger partial charge >= 0.3 is 6.03 Å². The van der Waals surface area contributed by atoms with E-state index < -0.39 is 6.17 Å². The lowest BCUT2D eigenvalue weighted by Gasteiger charge is -2.33. The minimum atomic E-state index is -1.09. The van der Waals surface area contributed by atoms with Crippen LogP contribution in [0.1, 0.15) is 80.5 Å². The maximum atomic E-state index is 15.9. The van der Waals surface area contributed by atoms with Crippen molar-refractivity contribution in [3.05, 3.63) is 53.5 Å². The molecule has 1 saturated heterocycles. The van der Waals surface area contributed by atoms with Crippen molar-refractivity contribution in [2.24, 2.45) is 0 Å². The highest BCUT2D eigenvalue weighted by Crippen LogP contribution is 2.44. The van der Waals surface area contributed by atoms with Gasteiger partial charge in [-0.25, -0.2) is 13.9 Å². The second-order valence-electron chi connectivity index (χ2n) is 11.8. The predicted molar refractivity (Wildman–Crippen MR) is 163 cm³/mol. The number of alkyl halides is 1. The summed E-state index contributed by atoms with van der Waals surface area (Å²) in [5, 5.41) is 12.5. The lowest BCUT2D eigenvalue weighted by Crippen LogP contribution is -2.42. The molecular formula is C32H42FN7O2. The van der Waals surface area contributed by atoms with E-state index in [9.17, 15) is 4.79 Å². The van der Waals surface area contributed by atoms with Crippen LogP contribution in [-0.2, 0) is 24.1 Å². The van der Waals surface area contributed by atoms with Crippen molar-refractivity contribution in [3.8, 4) is 11.1 Å². The summed E-state index contributed by atoms with van der Waals surface area (Å²) in [6, 6.07) is 4.42. The van der Waals surface area contributed by atoms with Crippen LogP contribution in [0.15, 0.2) is 31.1 Å². The largest absolute Gasteiger partial charge is 0.381 e. The number of benzene rings is 1. The number of hydrogen-bond donors (Lipinski definition) is 1. The Balaban J connectivity index is 1.47. The Hall–Kier alpha value is -3.66. The number of ether oxygens (including phenoxy) is 1.